The normalized spacial score (nSPS) is 30.7. The summed E-state index contributed by atoms with van der Waals surface area (Å²) in [5, 5.41) is 3.40. The van der Waals surface area contributed by atoms with E-state index >= 15 is 0 Å². The number of nitrogens with zero attached hydrogens (tertiary/aromatic N) is 2. The highest BCUT2D eigenvalue weighted by atomic mass is 15.3. The molecule has 0 bridgehead atoms. The third-order valence-corrected chi connectivity index (χ3v) is 3.08. The highest BCUT2D eigenvalue weighted by Crippen LogP contribution is 2.16. The Morgan fingerprint density at radius 3 is 2.23 bits per heavy atom. The molecule has 0 spiro atoms. The van der Waals surface area contributed by atoms with E-state index < -0.39 is 0 Å². The predicted octanol–water partition coefficient (Wildman–Crippen LogP) is 0.229. The van der Waals surface area contributed by atoms with Crippen molar-refractivity contribution in [3.8, 4) is 0 Å². The standard InChI is InChI=1S/C10H23N3/c1-8(2)13-6-9(11-3)10(7-13)12(4)5/h8-11H,6-7H2,1-5H3/t9-,10+/m0/s1. The molecule has 3 heteroatoms. The SMILES string of the molecule is CN[C@H]1CN(C(C)C)C[C@H]1N(C)C. The zero-order valence-electron chi connectivity index (χ0n) is 9.54. The Labute approximate surface area is 82.1 Å². The Hall–Kier alpha value is -0.120. The van der Waals surface area contributed by atoms with Crippen molar-refractivity contribution >= 4 is 0 Å². The van der Waals surface area contributed by atoms with E-state index in [0.717, 1.165) is 0 Å². The van der Waals surface area contributed by atoms with Crippen LogP contribution in [0.1, 0.15) is 13.8 Å². The smallest absolute Gasteiger partial charge is 0.0382 e. The first-order valence-electron chi connectivity index (χ1n) is 5.14. The summed E-state index contributed by atoms with van der Waals surface area (Å²) in [5.74, 6) is 0. The van der Waals surface area contributed by atoms with Crippen molar-refractivity contribution in [2.75, 3.05) is 34.2 Å². The first kappa shape index (κ1) is 11.0. The highest BCUT2D eigenvalue weighted by Gasteiger charge is 2.33. The lowest BCUT2D eigenvalue weighted by molar-refractivity contribution is 0.234. The maximum atomic E-state index is 3.40. The number of likely N-dealkylation sites (N-methyl/N-ethyl adjacent to an activating group) is 2. The van der Waals surface area contributed by atoms with E-state index in [0.29, 0.717) is 18.1 Å². The molecule has 0 aliphatic carbocycles. The van der Waals surface area contributed by atoms with Gasteiger partial charge in [0.1, 0.15) is 0 Å². The Bertz CT molecular complexity index is 156. The van der Waals surface area contributed by atoms with Gasteiger partial charge in [-0.2, -0.15) is 0 Å². The van der Waals surface area contributed by atoms with E-state index in [2.05, 4.69) is 50.1 Å². The van der Waals surface area contributed by atoms with Crippen LogP contribution in [0.2, 0.25) is 0 Å². The maximum absolute atomic E-state index is 3.40. The average Bonchev–Trinajstić information content (AvgIpc) is 2.47. The van der Waals surface area contributed by atoms with E-state index in [1.165, 1.54) is 13.1 Å². The molecule has 0 saturated carbocycles. The Balaban J connectivity index is 2.56. The third kappa shape index (κ3) is 2.42. The third-order valence-electron chi connectivity index (χ3n) is 3.08. The van der Waals surface area contributed by atoms with Crippen molar-refractivity contribution in [1.29, 1.82) is 0 Å². The van der Waals surface area contributed by atoms with Gasteiger partial charge in [-0.25, -0.2) is 0 Å². The molecule has 0 aromatic heterocycles. The van der Waals surface area contributed by atoms with Crippen LogP contribution < -0.4 is 5.32 Å². The lowest BCUT2D eigenvalue weighted by Gasteiger charge is -2.24. The van der Waals surface area contributed by atoms with Gasteiger partial charge in [-0.05, 0) is 35.0 Å². The molecule has 1 rings (SSSR count). The quantitative estimate of drug-likeness (QED) is 0.679. The lowest BCUT2D eigenvalue weighted by atomic mass is 10.1. The first-order chi connectivity index (χ1) is 6.06. The van der Waals surface area contributed by atoms with Gasteiger partial charge in [0.25, 0.3) is 0 Å². The molecule has 2 atom stereocenters. The first-order valence-corrected chi connectivity index (χ1v) is 5.14. The van der Waals surface area contributed by atoms with Crippen LogP contribution in [0.5, 0.6) is 0 Å². The van der Waals surface area contributed by atoms with Gasteiger partial charge >= 0.3 is 0 Å². The van der Waals surface area contributed by atoms with Crippen LogP contribution in [0.4, 0.5) is 0 Å². The topological polar surface area (TPSA) is 18.5 Å². The van der Waals surface area contributed by atoms with Crippen LogP contribution in [-0.4, -0.2) is 62.2 Å². The van der Waals surface area contributed by atoms with Crippen LogP contribution in [0.25, 0.3) is 0 Å². The van der Waals surface area contributed by atoms with Crippen molar-refractivity contribution < 1.29 is 0 Å². The Morgan fingerprint density at radius 1 is 1.31 bits per heavy atom. The summed E-state index contributed by atoms with van der Waals surface area (Å²) in [4.78, 5) is 4.86. The molecular weight excluding hydrogens is 162 g/mol. The van der Waals surface area contributed by atoms with Crippen LogP contribution >= 0.6 is 0 Å². The van der Waals surface area contributed by atoms with Gasteiger partial charge in [0, 0.05) is 31.2 Å². The molecular formula is C10H23N3. The Morgan fingerprint density at radius 2 is 1.92 bits per heavy atom. The zero-order valence-corrected chi connectivity index (χ0v) is 9.54. The summed E-state index contributed by atoms with van der Waals surface area (Å²) in [6, 6.07) is 1.95. The Kier molecular flexibility index (Phi) is 3.71. The summed E-state index contributed by atoms with van der Waals surface area (Å²) in [6.07, 6.45) is 0. The van der Waals surface area contributed by atoms with Gasteiger partial charge in [0.2, 0.25) is 0 Å². The number of rotatable bonds is 3. The molecule has 0 aromatic rings. The number of hydrogen-bond acceptors (Lipinski definition) is 3. The molecule has 1 N–H and O–H groups in total. The van der Waals surface area contributed by atoms with Crippen LogP contribution in [0.3, 0.4) is 0 Å². The second kappa shape index (κ2) is 4.40. The van der Waals surface area contributed by atoms with Crippen molar-refractivity contribution in [3.05, 3.63) is 0 Å². The van der Waals surface area contributed by atoms with E-state index in [4.69, 9.17) is 0 Å². The van der Waals surface area contributed by atoms with Crippen molar-refractivity contribution in [1.82, 2.24) is 15.1 Å². The fraction of sp³-hybridized carbons (Fsp3) is 1.00. The van der Waals surface area contributed by atoms with Gasteiger partial charge in [0.15, 0.2) is 0 Å². The number of nitrogens with one attached hydrogen (secondary N) is 1. The van der Waals surface area contributed by atoms with Crippen molar-refractivity contribution in [2.24, 2.45) is 0 Å². The molecule has 3 nitrogen and oxygen atoms in total. The summed E-state index contributed by atoms with van der Waals surface area (Å²) in [6.45, 7) is 6.91. The fourth-order valence-electron chi connectivity index (χ4n) is 2.04. The summed E-state index contributed by atoms with van der Waals surface area (Å²) >= 11 is 0. The summed E-state index contributed by atoms with van der Waals surface area (Å²) in [7, 11) is 6.39. The van der Waals surface area contributed by atoms with Crippen LogP contribution in [-0.2, 0) is 0 Å². The fourth-order valence-corrected chi connectivity index (χ4v) is 2.04. The van der Waals surface area contributed by atoms with Gasteiger partial charge in [-0.15, -0.1) is 0 Å². The maximum Gasteiger partial charge on any atom is 0.0382 e. The van der Waals surface area contributed by atoms with Crippen molar-refractivity contribution in [3.63, 3.8) is 0 Å². The van der Waals surface area contributed by atoms with Gasteiger partial charge < -0.3 is 10.2 Å². The molecule has 1 saturated heterocycles. The predicted molar refractivity (Wildman–Crippen MR) is 57.0 cm³/mol. The van der Waals surface area contributed by atoms with Gasteiger partial charge in [-0.1, -0.05) is 0 Å². The molecule has 13 heavy (non-hydrogen) atoms. The minimum atomic E-state index is 0.623. The van der Waals surface area contributed by atoms with Gasteiger partial charge in [0.05, 0.1) is 0 Å². The van der Waals surface area contributed by atoms with Crippen LogP contribution in [0, 0.1) is 0 Å². The second-order valence-corrected chi connectivity index (χ2v) is 4.47. The molecule has 1 aliphatic rings. The molecule has 0 aromatic carbocycles. The minimum Gasteiger partial charge on any atom is -0.314 e. The molecule has 0 amide bonds. The molecule has 1 heterocycles. The zero-order chi connectivity index (χ0) is 10.0. The summed E-state index contributed by atoms with van der Waals surface area (Å²) < 4.78 is 0. The average molecular weight is 185 g/mol. The van der Waals surface area contributed by atoms with Crippen LogP contribution in [0.15, 0.2) is 0 Å². The van der Waals surface area contributed by atoms with Gasteiger partial charge in [-0.3, -0.25) is 4.90 Å². The lowest BCUT2D eigenvalue weighted by Crippen LogP contribution is -2.44. The molecule has 0 unspecified atom stereocenters. The highest BCUT2D eigenvalue weighted by molar-refractivity contribution is 4.94. The van der Waals surface area contributed by atoms with E-state index in [9.17, 15) is 0 Å². The van der Waals surface area contributed by atoms with E-state index in [-0.39, 0.29) is 0 Å². The molecule has 0 radical (unpaired) electrons. The molecule has 1 aliphatic heterocycles. The number of likely N-dealkylation sites (tertiary alicyclic amines) is 1. The minimum absolute atomic E-state index is 0.623. The molecule has 78 valence electrons. The largest absolute Gasteiger partial charge is 0.314 e. The second-order valence-electron chi connectivity index (χ2n) is 4.47. The summed E-state index contributed by atoms with van der Waals surface area (Å²) in [5.41, 5.74) is 0. The van der Waals surface area contributed by atoms with Crippen molar-refractivity contribution in [2.45, 2.75) is 32.0 Å². The number of hydrogen-bond donors (Lipinski definition) is 1. The molecule has 1 fully saturated rings. The van der Waals surface area contributed by atoms with E-state index in [1.807, 2.05) is 0 Å². The van der Waals surface area contributed by atoms with E-state index in [1.54, 1.807) is 0 Å². The monoisotopic (exact) mass is 185 g/mol.